The highest BCUT2D eigenvalue weighted by molar-refractivity contribution is 7.22. The van der Waals surface area contributed by atoms with E-state index in [9.17, 15) is 14.7 Å². The number of ether oxygens (including phenoxy) is 2. The first kappa shape index (κ1) is 29.2. The highest BCUT2D eigenvalue weighted by Crippen LogP contribution is 2.41. The maximum atomic E-state index is 12.1. The van der Waals surface area contributed by atoms with Crippen LogP contribution in [0.15, 0.2) is 55.0 Å². The molecule has 0 aromatic carbocycles. The number of thiophene rings is 1. The van der Waals surface area contributed by atoms with E-state index in [1.807, 2.05) is 39.0 Å². The average molecular weight is 591 g/mol. The third-order valence-corrected chi connectivity index (χ3v) is 7.92. The summed E-state index contributed by atoms with van der Waals surface area (Å²) < 4.78 is 12.1. The van der Waals surface area contributed by atoms with Crippen molar-refractivity contribution < 1.29 is 24.2 Å². The van der Waals surface area contributed by atoms with Gasteiger partial charge in [-0.15, -0.1) is 11.3 Å². The van der Waals surface area contributed by atoms with Crippen LogP contribution < -0.4 is 15.4 Å². The third kappa shape index (κ3) is 6.94. The fraction of sp³-hybridized carbons (Fsp3) is 0.367. The van der Waals surface area contributed by atoms with Gasteiger partial charge in [-0.25, -0.2) is 14.6 Å². The van der Waals surface area contributed by atoms with Crippen molar-refractivity contribution in [2.24, 2.45) is 5.41 Å². The minimum Gasteiger partial charge on any atom is -0.465 e. The summed E-state index contributed by atoms with van der Waals surface area (Å²) in [5.41, 5.74) is 1.96. The summed E-state index contributed by atoms with van der Waals surface area (Å²) in [6, 6.07) is 10.6. The molecule has 0 spiro atoms. The monoisotopic (exact) mass is 590 g/mol. The zero-order valence-electron chi connectivity index (χ0n) is 24.0. The second kappa shape index (κ2) is 12.3. The van der Waals surface area contributed by atoms with Crippen molar-refractivity contribution >= 4 is 39.5 Å². The normalized spacial score (nSPS) is 13.9. The van der Waals surface area contributed by atoms with Gasteiger partial charge in [-0.3, -0.25) is 20.2 Å². The van der Waals surface area contributed by atoms with Crippen LogP contribution >= 0.6 is 11.3 Å². The van der Waals surface area contributed by atoms with E-state index < -0.39 is 12.1 Å². The SMILES string of the molecule is COCCN(C(=O)O)C(c1ccc(-c2cc3nccc(Oc4ccc(NC(=O)NC5CC5)nc4)c3s2)nc1)C(C)(C)C. The Bertz CT molecular complexity index is 1550. The molecule has 4 aromatic heterocycles. The molecule has 220 valence electrons. The van der Waals surface area contributed by atoms with Crippen molar-refractivity contribution in [1.29, 1.82) is 0 Å². The van der Waals surface area contributed by atoms with Crippen LogP contribution in [0.3, 0.4) is 0 Å². The Kier molecular flexibility index (Phi) is 8.55. The minimum absolute atomic E-state index is 0.255. The molecule has 0 aliphatic heterocycles. The molecule has 12 heteroatoms. The first-order valence-corrected chi connectivity index (χ1v) is 14.5. The van der Waals surface area contributed by atoms with Crippen molar-refractivity contribution in [2.75, 3.05) is 25.6 Å². The molecule has 0 bridgehead atoms. The molecular formula is C30H34N6O5S. The number of carboxylic acid groups (broad SMARTS) is 1. The lowest BCUT2D eigenvalue weighted by atomic mass is 9.81. The van der Waals surface area contributed by atoms with E-state index in [4.69, 9.17) is 14.5 Å². The summed E-state index contributed by atoms with van der Waals surface area (Å²) >= 11 is 1.50. The molecule has 1 atom stereocenters. The summed E-state index contributed by atoms with van der Waals surface area (Å²) in [5.74, 6) is 1.59. The number of amides is 3. The molecule has 3 N–H and O–H groups in total. The fourth-order valence-electron chi connectivity index (χ4n) is 4.71. The van der Waals surface area contributed by atoms with Crippen LogP contribution in [0.1, 0.15) is 45.2 Å². The molecule has 1 unspecified atom stereocenters. The molecule has 1 aliphatic rings. The second-order valence-electron chi connectivity index (χ2n) is 11.2. The molecule has 1 fully saturated rings. The van der Waals surface area contributed by atoms with Crippen LogP contribution in [0.4, 0.5) is 15.4 Å². The van der Waals surface area contributed by atoms with Crippen LogP contribution in [-0.2, 0) is 4.74 Å². The number of pyridine rings is 3. The van der Waals surface area contributed by atoms with Crippen molar-refractivity contribution in [3.63, 3.8) is 0 Å². The largest absolute Gasteiger partial charge is 0.465 e. The molecule has 0 saturated heterocycles. The van der Waals surface area contributed by atoms with Gasteiger partial charge in [-0.05, 0) is 48.1 Å². The van der Waals surface area contributed by atoms with Crippen LogP contribution in [-0.4, -0.2) is 63.4 Å². The zero-order valence-corrected chi connectivity index (χ0v) is 24.8. The highest BCUT2D eigenvalue weighted by Gasteiger charge is 2.35. The number of nitrogens with one attached hydrogen (secondary N) is 2. The predicted octanol–water partition coefficient (Wildman–Crippen LogP) is 6.54. The van der Waals surface area contributed by atoms with Crippen LogP contribution in [0.5, 0.6) is 11.5 Å². The summed E-state index contributed by atoms with van der Waals surface area (Å²) in [6.45, 7) is 6.60. The molecule has 11 nitrogen and oxygen atoms in total. The van der Waals surface area contributed by atoms with Crippen molar-refractivity contribution in [2.45, 2.75) is 45.7 Å². The number of fused-ring (bicyclic) bond motifs is 1. The Balaban J connectivity index is 1.34. The van der Waals surface area contributed by atoms with Gasteiger partial charge in [0, 0.05) is 38.2 Å². The smallest absolute Gasteiger partial charge is 0.407 e. The number of nitrogens with zero attached hydrogens (tertiary/aromatic N) is 4. The van der Waals surface area contributed by atoms with E-state index in [0.717, 1.165) is 39.2 Å². The van der Waals surface area contributed by atoms with Crippen LogP contribution in [0, 0.1) is 5.41 Å². The Hall–Kier alpha value is -4.29. The lowest BCUT2D eigenvalue weighted by Gasteiger charge is -2.38. The number of hydrogen-bond donors (Lipinski definition) is 3. The van der Waals surface area contributed by atoms with Gasteiger partial charge in [-0.2, -0.15) is 0 Å². The first-order chi connectivity index (χ1) is 20.1. The lowest BCUT2D eigenvalue weighted by molar-refractivity contribution is 0.0612. The van der Waals surface area contributed by atoms with E-state index in [2.05, 4.69) is 20.6 Å². The lowest BCUT2D eigenvalue weighted by Crippen LogP contribution is -2.42. The Labute approximate surface area is 247 Å². The molecule has 4 aromatic rings. The van der Waals surface area contributed by atoms with Crippen molar-refractivity contribution in [1.82, 2.24) is 25.2 Å². The van der Waals surface area contributed by atoms with Gasteiger partial charge in [0.2, 0.25) is 0 Å². The Morgan fingerprint density at radius 1 is 1.12 bits per heavy atom. The minimum atomic E-state index is -1.00. The van der Waals surface area contributed by atoms with E-state index >= 15 is 0 Å². The summed E-state index contributed by atoms with van der Waals surface area (Å²) in [5, 5.41) is 15.5. The molecule has 3 amide bonds. The number of carbonyl (C=O) groups is 2. The zero-order chi connectivity index (χ0) is 29.9. The first-order valence-electron chi connectivity index (χ1n) is 13.7. The van der Waals surface area contributed by atoms with Gasteiger partial charge in [0.05, 0.1) is 39.6 Å². The van der Waals surface area contributed by atoms with Gasteiger partial charge in [0.15, 0.2) is 0 Å². The number of urea groups is 1. The van der Waals surface area contributed by atoms with Gasteiger partial charge in [0.1, 0.15) is 17.3 Å². The summed E-state index contributed by atoms with van der Waals surface area (Å²) in [4.78, 5) is 39.9. The third-order valence-electron chi connectivity index (χ3n) is 6.76. The van der Waals surface area contributed by atoms with Gasteiger partial charge in [0.25, 0.3) is 0 Å². The number of carbonyl (C=O) groups excluding carboxylic acids is 1. The Morgan fingerprint density at radius 2 is 1.93 bits per heavy atom. The highest BCUT2D eigenvalue weighted by atomic mass is 32.1. The molecule has 1 saturated carbocycles. The van der Waals surface area contributed by atoms with Gasteiger partial charge < -0.3 is 19.9 Å². The topological polar surface area (TPSA) is 139 Å². The maximum Gasteiger partial charge on any atom is 0.407 e. The molecule has 42 heavy (non-hydrogen) atoms. The fourth-order valence-corrected chi connectivity index (χ4v) is 5.76. The van der Waals surface area contributed by atoms with Crippen LogP contribution in [0.25, 0.3) is 20.8 Å². The van der Waals surface area contributed by atoms with Gasteiger partial charge in [-0.1, -0.05) is 26.8 Å². The Morgan fingerprint density at radius 3 is 2.55 bits per heavy atom. The van der Waals surface area contributed by atoms with Crippen molar-refractivity contribution in [3.05, 3.63) is 60.6 Å². The number of hydrogen-bond acceptors (Lipinski definition) is 8. The number of rotatable bonds is 10. The number of aromatic nitrogens is 3. The molecule has 5 rings (SSSR count). The second-order valence-corrected chi connectivity index (χ2v) is 12.3. The van der Waals surface area contributed by atoms with E-state index in [0.29, 0.717) is 23.9 Å². The maximum absolute atomic E-state index is 12.1. The quantitative estimate of drug-likeness (QED) is 0.189. The molecule has 4 heterocycles. The van der Waals surface area contributed by atoms with Gasteiger partial charge >= 0.3 is 12.1 Å². The summed E-state index contributed by atoms with van der Waals surface area (Å²) in [7, 11) is 1.56. The standard InChI is InChI=1S/C30H34N6O5S/c1-30(2,3)27(36(29(38)39)13-14-40-4)18-5-9-21(32-16-18)24-15-22-26(42-24)23(11-12-31-22)41-20-8-10-25(33-17-20)35-28(37)34-19-6-7-19/h5,8-12,15-17,19,27H,6-7,13-14H2,1-4H3,(H,38,39)(H2,33,34,35,37). The summed E-state index contributed by atoms with van der Waals surface area (Å²) in [6.07, 6.45) is 6.02. The van der Waals surface area contributed by atoms with Crippen LogP contribution in [0.2, 0.25) is 0 Å². The number of methoxy groups -OCH3 is 1. The van der Waals surface area contributed by atoms with E-state index in [-0.39, 0.29) is 24.0 Å². The predicted molar refractivity (Wildman–Crippen MR) is 161 cm³/mol. The van der Waals surface area contributed by atoms with E-state index in [1.54, 1.807) is 43.9 Å². The molecular weight excluding hydrogens is 556 g/mol. The number of anilines is 1. The average Bonchev–Trinajstić information content (AvgIpc) is 3.65. The molecule has 1 aliphatic carbocycles. The molecule has 0 radical (unpaired) electrons. The van der Waals surface area contributed by atoms with Crippen molar-refractivity contribution in [3.8, 4) is 22.1 Å². The van der Waals surface area contributed by atoms with E-state index in [1.165, 1.54) is 16.2 Å².